The Morgan fingerprint density at radius 3 is 2.80 bits per heavy atom. The van der Waals surface area contributed by atoms with Gasteiger partial charge in [0.2, 0.25) is 0 Å². The van der Waals surface area contributed by atoms with Gasteiger partial charge in [-0.3, -0.25) is 5.32 Å². The first-order valence-corrected chi connectivity index (χ1v) is 4.99. The van der Waals surface area contributed by atoms with E-state index >= 15 is 0 Å². The van der Waals surface area contributed by atoms with E-state index in [9.17, 15) is 4.39 Å². The van der Waals surface area contributed by atoms with Crippen molar-refractivity contribution in [2.24, 2.45) is 0 Å². The van der Waals surface area contributed by atoms with E-state index in [1.165, 1.54) is 18.2 Å². The molecule has 0 amide bonds. The van der Waals surface area contributed by atoms with E-state index in [-0.39, 0.29) is 5.82 Å². The van der Waals surface area contributed by atoms with E-state index in [4.69, 9.17) is 18.0 Å². The summed E-state index contributed by atoms with van der Waals surface area (Å²) in [5, 5.41) is 3.64. The molecule has 1 nitrogen and oxygen atoms in total. The number of hydrogen-bond donors (Lipinski definition) is 1. The molecule has 1 N–H and O–H groups in total. The SMILES string of the molecule is C#CC(C)(C)NCc1cc(F)ccc1Cl. The Hall–Kier alpha value is -1.04. The van der Waals surface area contributed by atoms with Gasteiger partial charge in [-0.1, -0.05) is 17.5 Å². The van der Waals surface area contributed by atoms with Crippen LogP contribution < -0.4 is 5.32 Å². The first-order valence-electron chi connectivity index (χ1n) is 4.61. The molecular formula is C12H13ClFN. The van der Waals surface area contributed by atoms with Gasteiger partial charge >= 0.3 is 0 Å². The molecule has 0 unspecified atom stereocenters. The normalized spacial score (nSPS) is 11.1. The molecule has 0 fully saturated rings. The highest BCUT2D eigenvalue weighted by atomic mass is 35.5. The summed E-state index contributed by atoms with van der Waals surface area (Å²) in [4.78, 5) is 0. The molecule has 3 heteroatoms. The highest BCUT2D eigenvalue weighted by Gasteiger charge is 2.13. The van der Waals surface area contributed by atoms with Crippen molar-refractivity contribution in [3.63, 3.8) is 0 Å². The lowest BCUT2D eigenvalue weighted by atomic mass is 10.1. The molecule has 0 aromatic heterocycles. The molecule has 1 aromatic rings. The summed E-state index contributed by atoms with van der Waals surface area (Å²) in [7, 11) is 0. The van der Waals surface area contributed by atoms with Crippen molar-refractivity contribution in [3.05, 3.63) is 34.6 Å². The van der Waals surface area contributed by atoms with Gasteiger partial charge < -0.3 is 0 Å². The van der Waals surface area contributed by atoms with Gasteiger partial charge in [-0.2, -0.15) is 0 Å². The second kappa shape index (κ2) is 4.65. The molecule has 80 valence electrons. The standard InChI is InChI=1S/C12H13ClFN/c1-4-12(2,3)15-8-9-7-10(14)5-6-11(9)13/h1,5-7,15H,8H2,2-3H3. The van der Waals surface area contributed by atoms with Gasteiger partial charge in [0.25, 0.3) is 0 Å². The number of terminal acetylenes is 1. The van der Waals surface area contributed by atoms with Crippen LogP contribution in [0.2, 0.25) is 5.02 Å². The Bertz CT molecular complexity index is 393. The predicted octanol–water partition coefficient (Wildman–Crippen LogP) is 2.98. The lowest BCUT2D eigenvalue weighted by Gasteiger charge is -2.19. The molecule has 0 heterocycles. The third kappa shape index (κ3) is 3.54. The third-order valence-electron chi connectivity index (χ3n) is 2.09. The fraction of sp³-hybridized carbons (Fsp3) is 0.333. The van der Waals surface area contributed by atoms with E-state index < -0.39 is 5.54 Å². The van der Waals surface area contributed by atoms with Gasteiger partial charge in [0.1, 0.15) is 5.82 Å². The van der Waals surface area contributed by atoms with Crippen LogP contribution >= 0.6 is 11.6 Å². The van der Waals surface area contributed by atoms with Crippen molar-refractivity contribution >= 4 is 11.6 Å². The number of benzene rings is 1. The highest BCUT2D eigenvalue weighted by Crippen LogP contribution is 2.17. The second-order valence-electron chi connectivity index (χ2n) is 3.86. The molecular weight excluding hydrogens is 213 g/mol. The van der Waals surface area contributed by atoms with Crippen LogP contribution in [0, 0.1) is 18.2 Å². The Kier molecular flexibility index (Phi) is 3.73. The maximum absolute atomic E-state index is 12.9. The van der Waals surface area contributed by atoms with Crippen molar-refractivity contribution in [1.82, 2.24) is 5.32 Å². The van der Waals surface area contributed by atoms with Crippen LogP contribution in [0.1, 0.15) is 19.4 Å². The topological polar surface area (TPSA) is 12.0 Å². The molecule has 0 spiro atoms. The van der Waals surface area contributed by atoms with Gasteiger partial charge in [0.15, 0.2) is 0 Å². The Morgan fingerprint density at radius 1 is 1.53 bits per heavy atom. The summed E-state index contributed by atoms with van der Waals surface area (Å²) < 4.78 is 12.9. The summed E-state index contributed by atoms with van der Waals surface area (Å²) in [6.45, 7) is 4.20. The fourth-order valence-electron chi connectivity index (χ4n) is 1.05. The van der Waals surface area contributed by atoms with Gasteiger partial charge in [-0.15, -0.1) is 6.42 Å². The van der Waals surface area contributed by atoms with E-state index in [1.54, 1.807) is 0 Å². The first kappa shape index (κ1) is 12.0. The zero-order chi connectivity index (χ0) is 11.5. The van der Waals surface area contributed by atoms with Crippen molar-refractivity contribution < 1.29 is 4.39 Å². The maximum atomic E-state index is 12.9. The van der Waals surface area contributed by atoms with Crippen LogP contribution in [-0.4, -0.2) is 5.54 Å². The van der Waals surface area contributed by atoms with Crippen molar-refractivity contribution in [1.29, 1.82) is 0 Å². The molecule has 1 rings (SSSR count). The summed E-state index contributed by atoms with van der Waals surface area (Å²) in [5.74, 6) is 2.30. The molecule has 0 radical (unpaired) electrons. The minimum Gasteiger partial charge on any atom is -0.297 e. The average molecular weight is 226 g/mol. The van der Waals surface area contributed by atoms with Crippen molar-refractivity contribution in [3.8, 4) is 12.3 Å². The zero-order valence-corrected chi connectivity index (χ0v) is 9.53. The number of rotatable bonds is 3. The summed E-state index contributed by atoms with van der Waals surface area (Å²) in [5.41, 5.74) is 0.287. The summed E-state index contributed by atoms with van der Waals surface area (Å²) in [6.07, 6.45) is 5.32. The third-order valence-corrected chi connectivity index (χ3v) is 2.46. The summed E-state index contributed by atoms with van der Waals surface area (Å²) >= 11 is 5.91. The Labute approximate surface area is 94.6 Å². The van der Waals surface area contributed by atoms with Crippen molar-refractivity contribution in [2.45, 2.75) is 25.9 Å². The van der Waals surface area contributed by atoms with Gasteiger partial charge in [0, 0.05) is 11.6 Å². The molecule has 15 heavy (non-hydrogen) atoms. The molecule has 0 aliphatic carbocycles. The molecule has 0 aliphatic rings. The average Bonchev–Trinajstić information content (AvgIpc) is 2.20. The van der Waals surface area contributed by atoms with E-state index in [1.807, 2.05) is 13.8 Å². The van der Waals surface area contributed by atoms with E-state index in [0.29, 0.717) is 17.1 Å². The quantitative estimate of drug-likeness (QED) is 0.780. The minimum atomic E-state index is -0.421. The predicted molar refractivity (Wildman–Crippen MR) is 61.2 cm³/mol. The van der Waals surface area contributed by atoms with Gasteiger partial charge in [0.05, 0.1) is 5.54 Å². The summed E-state index contributed by atoms with van der Waals surface area (Å²) in [6, 6.07) is 4.27. The van der Waals surface area contributed by atoms with Crippen LogP contribution in [0.5, 0.6) is 0 Å². The second-order valence-corrected chi connectivity index (χ2v) is 4.27. The highest BCUT2D eigenvalue weighted by molar-refractivity contribution is 6.31. The number of halogens is 2. The zero-order valence-electron chi connectivity index (χ0n) is 8.77. The number of nitrogens with one attached hydrogen (secondary N) is 1. The lowest BCUT2D eigenvalue weighted by Crippen LogP contribution is -2.37. The van der Waals surface area contributed by atoms with E-state index in [0.717, 1.165) is 0 Å². The number of hydrogen-bond acceptors (Lipinski definition) is 1. The van der Waals surface area contributed by atoms with Gasteiger partial charge in [-0.05, 0) is 37.6 Å². The fourth-order valence-corrected chi connectivity index (χ4v) is 1.23. The van der Waals surface area contributed by atoms with Crippen LogP contribution in [0.25, 0.3) is 0 Å². The Balaban J connectivity index is 2.74. The smallest absolute Gasteiger partial charge is 0.123 e. The van der Waals surface area contributed by atoms with Crippen LogP contribution in [0.4, 0.5) is 4.39 Å². The molecule has 0 aliphatic heterocycles. The molecule has 0 saturated heterocycles. The maximum Gasteiger partial charge on any atom is 0.123 e. The van der Waals surface area contributed by atoms with Crippen LogP contribution in [-0.2, 0) is 6.54 Å². The molecule has 0 saturated carbocycles. The monoisotopic (exact) mass is 225 g/mol. The molecule has 0 bridgehead atoms. The van der Waals surface area contributed by atoms with Crippen LogP contribution in [0.15, 0.2) is 18.2 Å². The minimum absolute atomic E-state index is 0.297. The molecule has 0 atom stereocenters. The van der Waals surface area contributed by atoms with E-state index in [2.05, 4.69) is 11.2 Å². The first-order chi connectivity index (χ1) is 6.94. The Morgan fingerprint density at radius 2 is 2.20 bits per heavy atom. The van der Waals surface area contributed by atoms with Gasteiger partial charge in [-0.25, -0.2) is 4.39 Å². The van der Waals surface area contributed by atoms with Crippen molar-refractivity contribution in [2.75, 3.05) is 0 Å². The lowest BCUT2D eigenvalue weighted by molar-refractivity contribution is 0.489. The largest absolute Gasteiger partial charge is 0.297 e. The molecule has 1 aromatic carbocycles. The van der Waals surface area contributed by atoms with Crippen LogP contribution in [0.3, 0.4) is 0 Å².